The standard InChI is InChI=1S/C20H24N2O6S/c1-26-17-8-7-15(13-18(17)27-2)20(23)21-14-16-5-3-4-6-19(16)29(24,25)22-9-11-28-12-10-22/h3-8,13H,9-12,14H2,1-2H3,(H,21,23). The van der Waals surface area contributed by atoms with Gasteiger partial charge in [0.15, 0.2) is 11.5 Å². The first kappa shape index (κ1) is 21.1. The van der Waals surface area contributed by atoms with Crippen LogP contribution >= 0.6 is 0 Å². The molecular weight excluding hydrogens is 396 g/mol. The van der Waals surface area contributed by atoms with Crippen LogP contribution in [-0.2, 0) is 21.3 Å². The Morgan fingerprint density at radius 2 is 1.76 bits per heavy atom. The first-order chi connectivity index (χ1) is 14.0. The summed E-state index contributed by atoms with van der Waals surface area (Å²) in [5, 5.41) is 2.78. The number of carbonyl (C=O) groups excluding carboxylic acids is 1. The Balaban J connectivity index is 1.77. The van der Waals surface area contributed by atoms with E-state index in [1.807, 2.05) is 0 Å². The molecule has 1 aliphatic heterocycles. The van der Waals surface area contributed by atoms with Gasteiger partial charge in [0, 0.05) is 25.2 Å². The fourth-order valence-corrected chi connectivity index (χ4v) is 4.71. The van der Waals surface area contributed by atoms with Crippen molar-refractivity contribution in [2.24, 2.45) is 0 Å². The van der Waals surface area contributed by atoms with Gasteiger partial charge in [-0.3, -0.25) is 4.79 Å². The largest absolute Gasteiger partial charge is 0.493 e. The fourth-order valence-electron chi connectivity index (χ4n) is 3.08. The van der Waals surface area contributed by atoms with Crippen molar-refractivity contribution in [2.75, 3.05) is 40.5 Å². The number of ether oxygens (including phenoxy) is 3. The summed E-state index contributed by atoms with van der Waals surface area (Å²) >= 11 is 0. The maximum Gasteiger partial charge on any atom is 0.251 e. The highest BCUT2D eigenvalue weighted by Crippen LogP contribution is 2.27. The van der Waals surface area contributed by atoms with E-state index in [4.69, 9.17) is 14.2 Å². The number of amides is 1. The van der Waals surface area contributed by atoms with Crippen LogP contribution in [0.4, 0.5) is 0 Å². The van der Waals surface area contributed by atoms with Gasteiger partial charge in [0.2, 0.25) is 10.0 Å². The number of carbonyl (C=O) groups is 1. The van der Waals surface area contributed by atoms with Crippen LogP contribution in [0.3, 0.4) is 0 Å². The lowest BCUT2D eigenvalue weighted by molar-refractivity contribution is 0.0730. The van der Waals surface area contributed by atoms with Crippen molar-refractivity contribution in [1.82, 2.24) is 9.62 Å². The number of hydrogen-bond donors (Lipinski definition) is 1. The molecule has 156 valence electrons. The van der Waals surface area contributed by atoms with Gasteiger partial charge in [0.1, 0.15) is 0 Å². The highest BCUT2D eigenvalue weighted by atomic mass is 32.2. The number of benzene rings is 2. The summed E-state index contributed by atoms with van der Waals surface area (Å²) in [5.74, 6) is 0.617. The van der Waals surface area contributed by atoms with Gasteiger partial charge >= 0.3 is 0 Å². The minimum atomic E-state index is -3.66. The number of nitrogens with zero attached hydrogens (tertiary/aromatic N) is 1. The van der Waals surface area contributed by atoms with Gasteiger partial charge < -0.3 is 19.5 Å². The molecule has 0 aliphatic carbocycles. The van der Waals surface area contributed by atoms with Crippen LogP contribution in [0.25, 0.3) is 0 Å². The molecule has 0 radical (unpaired) electrons. The summed E-state index contributed by atoms with van der Waals surface area (Å²) in [7, 11) is -0.650. The first-order valence-corrected chi connectivity index (χ1v) is 10.6. The van der Waals surface area contributed by atoms with Crippen molar-refractivity contribution < 1.29 is 27.4 Å². The molecule has 0 atom stereocenters. The van der Waals surface area contributed by atoms with E-state index >= 15 is 0 Å². The third-order valence-electron chi connectivity index (χ3n) is 4.65. The van der Waals surface area contributed by atoms with Gasteiger partial charge in [-0.05, 0) is 29.8 Å². The van der Waals surface area contributed by atoms with E-state index in [1.54, 1.807) is 42.5 Å². The molecule has 8 nitrogen and oxygen atoms in total. The second-order valence-corrected chi connectivity index (χ2v) is 8.28. The zero-order chi connectivity index (χ0) is 20.9. The van der Waals surface area contributed by atoms with Crippen LogP contribution < -0.4 is 14.8 Å². The Labute approximate surface area is 170 Å². The van der Waals surface area contributed by atoms with Gasteiger partial charge in [-0.25, -0.2) is 8.42 Å². The van der Waals surface area contributed by atoms with Crippen LogP contribution in [0.15, 0.2) is 47.4 Å². The lowest BCUT2D eigenvalue weighted by Gasteiger charge is -2.27. The summed E-state index contributed by atoms with van der Waals surface area (Å²) in [6.07, 6.45) is 0. The molecule has 9 heteroatoms. The summed E-state index contributed by atoms with van der Waals surface area (Å²) in [5.41, 5.74) is 0.906. The third kappa shape index (κ3) is 4.69. The molecule has 2 aromatic carbocycles. The second-order valence-electron chi connectivity index (χ2n) is 6.38. The molecule has 2 aromatic rings. The van der Waals surface area contributed by atoms with Crippen molar-refractivity contribution in [3.05, 3.63) is 53.6 Å². The number of methoxy groups -OCH3 is 2. The number of morpholine rings is 1. The molecule has 29 heavy (non-hydrogen) atoms. The van der Waals surface area contributed by atoms with E-state index in [2.05, 4.69) is 5.32 Å². The molecule has 1 aliphatic rings. The van der Waals surface area contributed by atoms with Crippen molar-refractivity contribution in [3.63, 3.8) is 0 Å². The second kappa shape index (κ2) is 9.25. The van der Waals surface area contributed by atoms with Crippen molar-refractivity contribution in [3.8, 4) is 11.5 Å². The number of rotatable bonds is 7. The average molecular weight is 420 g/mol. The van der Waals surface area contributed by atoms with E-state index in [0.717, 1.165) is 0 Å². The van der Waals surface area contributed by atoms with E-state index < -0.39 is 10.0 Å². The summed E-state index contributed by atoms with van der Waals surface area (Å²) in [6.45, 7) is 1.45. The predicted molar refractivity (Wildman–Crippen MR) is 107 cm³/mol. The van der Waals surface area contributed by atoms with Crippen LogP contribution in [0.2, 0.25) is 0 Å². The molecule has 0 spiro atoms. The van der Waals surface area contributed by atoms with Crippen molar-refractivity contribution in [2.45, 2.75) is 11.4 Å². The number of hydrogen-bond acceptors (Lipinski definition) is 6. The Hall–Kier alpha value is -2.62. The quantitative estimate of drug-likeness (QED) is 0.732. The minimum absolute atomic E-state index is 0.0763. The lowest BCUT2D eigenvalue weighted by atomic mass is 10.1. The summed E-state index contributed by atoms with van der Waals surface area (Å²) < 4.78 is 43.1. The lowest BCUT2D eigenvalue weighted by Crippen LogP contribution is -2.41. The van der Waals surface area contributed by atoms with Gasteiger partial charge in [-0.15, -0.1) is 0 Å². The van der Waals surface area contributed by atoms with Crippen LogP contribution in [0.5, 0.6) is 11.5 Å². The zero-order valence-electron chi connectivity index (χ0n) is 16.4. The van der Waals surface area contributed by atoms with E-state index in [1.165, 1.54) is 18.5 Å². The molecule has 1 fully saturated rings. The summed E-state index contributed by atoms with van der Waals surface area (Å²) in [6, 6.07) is 11.5. The normalized spacial score (nSPS) is 15.0. The van der Waals surface area contributed by atoms with Gasteiger partial charge in [0.05, 0.1) is 32.3 Å². The fraction of sp³-hybridized carbons (Fsp3) is 0.350. The van der Waals surface area contributed by atoms with Crippen LogP contribution in [0, 0.1) is 0 Å². The van der Waals surface area contributed by atoms with Crippen LogP contribution in [0.1, 0.15) is 15.9 Å². The molecule has 1 saturated heterocycles. The van der Waals surface area contributed by atoms with Gasteiger partial charge in [-0.1, -0.05) is 18.2 Å². The Morgan fingerprint density at radius 1 is 1.07 bits per heavy atom. The Morgan fingerprint density at radius 3 is 2.45 bits per heavy atom. The first-order valence-electron chi connectivity index (χ1n) is 9.13. The number of sulfonamides is 1. The van der Waals surface area contributed by atoms with Crippen molar-refractivity contribution in [1.29, 1.82) is 0 Å². The molecule has 0 aromatic heterocycles. The predicted octanol–water partition coefficient (Wildman–Crippen LogP) is 1.65. The molecule has 1 N–H and O–H groups in total. The van der Waals surface area contributed by atoms with Crippen LogP contribution in [-0.4, -0.2) is 59.2 Å². The third-order valence-corrected chi connectivity index (χ3v) is 6.64. The Kier molecular flexibility index (Phi) is 6.73. The molecule has 3 rings (SSSR count). The minimum Gasteiger partial charge on any atom is -0.493 e. The molecule has 0 bridgehead atoms. The van der Waals surface area contributed by atoms with Gasteiger partial charge in [0.25, 0.3) is 5.91 Å². The van der Waals surface area contributed by atoms with E-state index in [-0.39, 0.29) is 17.3 Å². The highest BCUT2D eigenvalue weighted by molar-refractivity contribution is 7.89. The summed E-state index contributed by atoms with van der Waals surface area (Å²) in [4.78, 5) is 12.8. The smallest absolute Gasteiger partial charge is 0.251 e. The topological polar surface area (TPSA) is 94.2 Å². The molecule has 0 unspecified atom stereocenters. The maximum atomic E-state index is 13.0. The molecule has 1 amide bonds. The SMILES string of the molecule is COc1ccc(C(=O)NCc2ccccc2S(=O)(=O)N2CCOCC2)cc1OC. The molecular formula is C20H24N2O6S. The van der Waals surface area contributed by atoms with Gasteiger partial charge in [-0.2, -0.15) is 4.31 Å². The zero-order valence-corrected chi connectivity index (χ0v) is 17.2. The number of nitrogens with one attached hydrogen (secondary N) is 1. The average Bonchev–Trinajstić information content (AvgIpc) is 2.77. The monoisotopic (exact) mass is 420 g/mol. The van der Waals surface area contributed by atoms with E-state index in [0.29, 0.717) is 48.9 Å². The molecule has 1 heterocycles. The van der Waals surface area contributed by atoms with Crippen molar-refractivity contribution >= 4 is 15.9 Å². The highest BCUT2D eigenvalue weighted by Gasteiger charge is 2.28. The maximum absolute atomic E-state index is 13.0. The van der Waals surface area contributed by atoms with E-state index in [9.17, 15) is 13.2 Å². The molecule has 0 saturated carbocycles. The Bertz CT molecular complexity index is 971.